The first-order chi connectivity index (χ1) is 10.4. The third-order valence-corrected chi connectivity index (χ3v) is 3.29. The number of carbonyl (C=O) groups excluding carboxylic acids is 1. The Morgan fingerprint density at radius 3 is 2.55 bits per heavy atom. The second kappa shape index (κ2) is 6.38. The highest BCUT2D eigenvalue weighted by Gasteiger charge is 2.14. The van der Waals surface area contributed by atoms with Gasteiger partial charge in [-0.15, -0.1) is 10.2 Å². The summed E-state index contributed by atoms with van der Waals surface area (Å²) in [5, 5.41) is 19.8. The molecular weight excluding hydrogens is 284 g/mol. The summed E-state index contributed by atoms with van der Waals surface area (Å²) in [6.07, 6.45) is 0. The molecule has 0 saturated heterocycles. The van der Waals surface area contributed by atoms with Gasteiger partial charge < -0.3 is 15.0 Å². The molecule has 0 radical (unpaired) electrons. The molecule has 0 aliphatic rings. The van der Waals surface area contributed by atoms with E-state index >= 15 is 0 Å². The average Bonchev–Trinajstić information content (AvgIpc) is 2.86. The second-order valence-electron chi connectivity index (χ2n) is 5.26. The number of aromatic nitrogens is 3. The molecule has 0 fully saturated rings. The van der Waals surface area contributed by atoms with Crippen LogP contribution in [0.5, 0.6) is 0 Å². The summed E-state index contributed by atoms with van der Waals surface area (Å²) >= 11 is 0. The standard InChI is InChI=1S/C15H18N4O3/c1-9(2)13-18-17-12(19(13)3)8-16-14(20)10-5-4-6-11(7-10)15(21)22/h4-7,9H,8H2,1-3H3,(H,16,20)(H,21,22). The summed E-state index contributed by atoms with van der Waals surface area (Å²) in [6.45, 7) is 4.26. The Kier molecular flexibility index (Phi) is 4.55. The van der Waals surface area contributed by atoms with Gasteiger partial charge in [0.1, 0.15) is 5.82 Å². The molecule has 0 aliphatic heterocycles. The fraction of sp³-hybridized carbons (Fsp3) is 0.333. The van der Waals surface area contributed by atoms with Crippen molar-refractivity contribution < 1.29 is 14.7 Å². The number of carboxylic acid groups (broad SMARTS) is 1. The topological polar surface area (TPSA) is 97.1 Å². The average molecular weight is 302 g/mol. The molecule has 1 aromatic heterocycles. The van der Waals surface area contributed by atoms with E-state index in [1.807, 2.05) is 25.5 Å². The number of amides is 1. The van der Waals surface area contributed by atoms with Gasteiger partial charge in [-0.3, -0.25) is 4.79 Å². The molecule has 2 aromatic rings. The summed E-state index contributed by atoms with van der Waals surface area (Å²) in [7, 11) is 1.85. The third-order valence-electron chi connectivity index (χ3n) is 3.29. The maximum atomic E-state index is 12.1. The van der Waals surface area contributed by atoms with Crippen molar-refractivity contribution in [2.75, 3.05) is 0 Å². The lowest BCUT2D eigenvalue weighted by atomic mass is 10.1. The van der Waals surface area contributed by atoms with Crippen LogP contribution in [-0.2, 0) is 13.6 Å². The maximum Gasteiger partial charge on any atom is 0.335 e. The van der Waals surface area contributed by atoms with Crippen LogP contribution in [0.1, 0.15) is 52.1 Å². The molecule has 7 nitrogen and oxygen atoms in total. The van der Waals surface area contributed by atoms with Gasteiger partial charge in [0, 0.05) is 18.5 Å². The highest BCUT2D eigenvalue weighted by atomic mass is 16.4. The normalized spacial score (nSPS) is 10.7. The minimum absolute atomic E-state index is 0.0772. The predicted octanol–water partition coefficient (Wildman–Crippen LogP) is 1.57. The third kappa shape index (κ3) is 3.30. The van der Waals surface area contributed by atoms with Crippen molar-refractivity contribution in [2.45, 2.75) is 26.3 Å². The molecule has 2 N–H and O–H groups in total. The van der Waals surface area contributed by atoms with Crippen LogP contribution in [0.2, 0.25) is 0 Å². The minimum atomic E-state index is -1.07. The van der Waals surface area contributed by atoms with Crippen molar-refractivity contribution in [2.24, 2.45) is 7.05 Å². The van der Waals surface area contributed by atoms with E-state index in [4.69, 9.17) is 5.11 Å². The van der Waals surface area contributed by atoms with Gasteiger partial charge in [-0.1, -0.05) is 19.9 Å². The number of rotatable bonds is 5. The van der Waals surface area contributed by atoms with E-state index in [0.717, 1.165) is 5.82 Å². The summed E-state index contributed by atoms with van der Waals surface area (Å²) < 4.78 is 1.85. The van der Waals surface area contributed by atoms with Gasteiger partial charge in [0.05, 0.1) is 12.1 Å². The van der Waals surface area contributed by atoms with Crippen molar-refractivity contribution in [3.05, 3.63) is 47.0 Å². The van der Waals surface area contributed by atoms with Crippen molar-refractivity contribution in [3.63, 3.8) is 0 Å². The molecule has 1 heterocycles. The molecule has 116 valence electrons. The molecule has 0 saturated carbocycles. The molecule has 0 bridgehead atoms. The zero-order valence-corrected chi connectivity index (χ0v) is 12.7. The Balaban J connectivity index is 2.07. The highest BCUT2D eigenvalue weighted by molar-refractivity contribution is 5.97. The quantitative estimate of drug-likeness (QED) is 0.873. The molecule has 0 atom stereocenters. The fourth-order valence-corrected chi connectivity index (χ4v) is 2.09. The van der Waals surface area contributed by atoms with Gasteiger partial charge in [0.2, 0.25) is 0 Å². The van der Waals surface area contributed by atoms with Gasteiger partial charge >= 0.3 is 5.97 Å². The first-order valence-corrected chi connectivity index (χ1v) is 6.90. The molecule has 0 aliphatic carbocycles. The van der Waals surface area contributed by atoms with Crippen LogP contribution >= 0.6 is 0 Å². The van der Waals surface area contributed by atoms with E-state index in [1.165, 1.54) is 18.2 Å². The SMILES string of the molecule is CC(C)c1nnc(CNC(=O)c2cccc(C(=O)O)c2)n1C. The van der Waals surface area contributed by atoms with Crippen molar-refractivity contribution >= 4 is 11.9 Å². The Hall–Kier alpha value is -2.70. The summed E-state index contributed by atoms with van der Waals surface area (Å²) in [5.41, 5.74) is 0.375. The smallest absolute Gasteiger partial charge is 0.335 e. The van der Waals surface area contributed by atoms with Crippen LogP contribution in [0.25, 0.3) is 0 Å². The molecule has 0 spiro atoms. The molecule has 22 heavy (non-hydrogen) atoms. The van der Waals surface area contributed by atoms with Crippen LogP contribution in [0.15, 0.2) is 24.3 Å². The monoisotopic (exact) mass is 302 g/mol. The van der Waals surface area contributed by atoms with E-state index in [9.17, 15) is 9.59 Å². The first-order valence-electron chi connectivity index (χ1n) is 6.90. The van der Waals surface area contributed by atoms with Gasteiger partial charge in [0.15, 0.2) is 5.82 Å². The number of carboxylic acids is 1. The number of hydrogen-bond acceptors (Lipinski definition) is 4. The molecule has 2 rings (SSSR count). The largest absolute Gasteiger partial charge is 0.478 e. The summed E-state index contributed by atoms with van der Waals surface area (Å²) in [4.78, 5) is 23.0. The van der Waals surface area contributed by atoms with Gasteiger partial charge in [-0.05, 0) is 18.2 Å². The minimum Gasteiger partial charge on any atom is -0.478 e. The Morgan fingerprint density at radius 2 is 1.95 bits per heavy atom. The van der Waals surface area contributed by atoms with Crippen LogP contribution in [-0.4, -0.2) is 31.7 Å². The molecule has 1 aromatic carbocycles. The second-order valence-corrected chi connectivity index (χ2v) is 5.26. The number of aromatic carboxylic acids is 1. The van der Waals surface area contributed by atoms with Crippen molar-refractivity contribution in [3.8, 4) is 0 Å². The van der Waals surface area contributed by atoms with Crippen LogP contribution in [0.3, 0.4) is 0 Å². The van der Waals surface area contributed by atoms with E-state index < -0.39 is 5.97 Å². The molecule has 0 unspecified atom stereocenters. The number of nitrogens with zero attached hydrogens (tertiary/aromatic N) is 3. The molecule has 1 amide bonds. The van der Waals surface area contributed by atoms with Gasteiger partial charge in [0.25, 0.3) is 5.91 Å². The highest BCUT2D eigenvalue weighted by Crippen LogP contribution is 2.11. The lowest BCUT2D eigenvalue weighted by molar-refractivity contribution is 0.0697. The predicted molar refractivity (Wildman–Crippen MR) is 79.7 cm³/mol. The van der Waals surface area contributed by atoms with Gasteiger partial charge in [-0.2, -0.15) is 0 Å². The Morgan fingerprint density at radius 1 is 1.27 bits per heavy atom. The maximum absolute atomic E-state index is 12.1. The van der Waals surface area contributed by atoms with E-state index in [2.05, 4.69) is 15.5 Å². The van der Waals surface area contributed by atoms with E-state index in [0.29, 0.717) is 11.4 Å². The van der Waals surface area contributed by atoms with Crippen LogP contribution in [0, 0.1) is 0 Å². The lowest BCUT2D eigenvalue weighted by Gasteiger charge is -2.08. The molecule has 7 heteroatoms. The fourth-order valence-electron chi connectivity index (χ4n) is 2.09. The zero-order chi connectivity index (χ0) is 16.3. The Labute approximate surface area is 128 Å². The van der Waals surface area contributed by atoms with Crippen molar-refractivity contribution in [1.82, 2.24) is 20.1 Å². The van der Waals surface area contributed by atoms with E-state index in [-0.39, 0.29) is 23.9 Å². The number of benzene rings is 1. The van der Waals surface area contributed by atoms with Crippen LogP contribution in [0.4, 0.5) is 0 Å². The number of nitrogens with one attached hydrogen (secondary N) is 1. The van der Waals surface area contributed by atoms with Crippen LogP contribution < -0.4 is 5.32 Å². The van der Waals surface area contributed by atoms with Crippen molar-refractivity contribution in [1.29, 1.82) is 0 Å². The Bertz CT molecular complexity index is 707. The van der Waals surface area contributed by atoms with E-state index in [1.54, 1.807) is 6.07 Å². The first kappa shape index (κ1) is 15.7. The zero-order valence-electron chi connectivity index (χ0n) is 12.7. The summed E-state index contributed by atoms with van der Waals surface area (Å²) in [6, 6.07) is 5.89. The molecular formula is C15H18N4O3. The lowest BCUT2D eigenvalue weighted by Crippen LogP contribution is -2.24. The number of hydrogen-bond donors (Lipinski definition) is 2. The number of carbonyl (C=O) groups is 2. The van der Waals surface area contributed by atoms with Gasteiger partial charge in [-0.25, -0.2) is 4.79 Å². The summed E-state index contributed by atoms with van der Waals surface area (Å²) in [5.74, 6) is 0.319.